The van der Waals surface area contributed by atoms with Crippen LogP contribution in [-0.2, 0) is 0 Å². The molecular weight excluding hydrogens is 415 g/mol. The lowest BCUT2D eigenvalue weighted by molar-refractivity contribution is 0.0978. The van der Waals surface area contributed by atoms with Gasteiger partial charge in [0, 0.05) is 37.6 Å². The molecule has 0 aliphatic carbocycles. The highest BCUT2D eigenvalue weighted by Gasteiger charge is 2.16. The summed E-state index contributed by atoms with van der Waals surface area (Å²) in [6.45, 7) is 7.50. The van der Waals surface area contributed by atoms with E-state index in [1.165, 1.54) is 5.69 Å². The van der Waals surface area contributed by atoms with E-state index in [1.807, 2.05) is 12.1 Å². The number of benzene rings is 2. The van der Waals surface area contributed by atoms with E-state index >= 15 is 0 Å². The number of likely N-dealkylation sites (N-methyl/N-ethyl adjacent to an activating group) is 1. The number of thiocarbonyl (C=S) groups is 1. The highest BCUT2D eigenvalue weighted by atomic mass is 35.5. The summed E-state index contributed by atoms with van der Waals surface area (Å²) < 4.78 is 0. The maximum absolute atomic E-state index is 12.3. The SMILES string of the molecule is CCN1CCN(c2ccc(NC(=S)NC(=O)c3cccc(Cl)c3Cl)cc2)CC1. The van der Waals surface area contributed by atoms with Crippen molar-refractivity contribution in [2.45, 2.75) is 6.92 Å². The van der Waals surface area contributed by atoms with Crippen LogP contribution in [0.4, 0.5) is 11.4 Å². The first-order chi connectivity index (χ1) is 13.5. The van der Waals surface area contributed by atoms with E-state index in [1.54, 1.807) is 18.2 Å². The average molecular weight is 437 g/mol. The van der Waals surface area contributed by atoms with Gasteiger partial charge in [0.1, 0.15) is 0 Å². The summed E-state index contributed by atoms with van der Waals surface area (Å²) in [5.41, 5.74) is 2.26. The fourth-order valence-electron chi connectivity index (χ4n) is 3.09. The lowest BCUT2D eigenvalue weighted by atomic mass is 10.2. The van der Waals surface area contributed by atoms with Crippen molar-refractivity contribution in [3.63, 3.8) is 0 Å². The van der Waals surface area contributed by atoms with Gasteiger partial charge in [-0.05, 0) is 55.2 Å². The van der Waals surface area contributed by atoms with Crippen LogP contribution in [0.5, 0.6) is 0 Å². The van der Waals surface area contributed by atoms with Crippen molar-refractivity contribution in [3.05, 3.63) is 58.1 Å². The van der Waals surface area contributed by atoms with Crippen molar-refractivity contribution < 1.29 is 4.79 Å². The van der Waals surface area contributed by atoms with E-state index in [4.69, 9.17) is 35.4 Å². The number of piperazine rings is 1. The van der Waals surface area contributed by atoms with Crippen LogP contribution in [-0.4, -0.2) is 48.6 Å². The fourth-order valence-corrected chi connectivity index (χ4v) is 3.69. The molecule has 0 radical (unpaired) electrons. The molecule has 2 aromatic carbocycles. The molecule has 2 aromatic rings. The van der Waals surface area contributed by atoms with E-state index in [-0.39, 0.29) is 15.7 Å². The Morgan fingerprint density at radius 2 is 1.75 bits per heavy atom. The van der Waals surface area contributed by atoms with Gasteiger partial charge in [-0.25, -0.2) is 0 Å². The summed E-state index contributed by atoms with van der Waals surface area (Å²) in [7, 11) is 0. The Hall–Kier alpha value is -1.86. The number of anilines is 2. The monoisotopic (exact) mass is 436 g/mol. The van der Waals surface area contributed by atoms with E-state index < -0.39 is 5.91 Å². The van der Waals surface area contributed by atoms with Crippen molar-refractivity contribution >= 4 is 57.8 Å². The summed E-state index contributed by atoms with van der Waals surface area (Å²) in [4.78, 5) is 17.2. The van der Waals surface area contributed by atoms with Crippen LogP contribution < -0.4 is 15.5 Å². The van der Waals surface area contributed by atoms with Crippen molar-refractivity contribution in [1.29, 1.82) is 0 Å². The van der Waals surface area contributed by atoms with Gasteiger partial charge in [0.05, 0.1) is 15.6 Å². The van der Waals surface area contributed by atoms with Crippen LogP contribution in [0, 0.1) is 0 Å². The van der Waals surface area contributed by atoms with Gasteiger partial charge in [-0.1, -0.05) is 36.2 Å². The van der Waals surface area contributed by atoms with Crippen LogP contribution in [0.1, 0.15) is 17.3 Å². The van der Waals surface area contributed by atoms with Gasteiger partial charge < -0.3 is 15.1 Å². The molecule has 1 amide bonds. The van der Waals surface area contributed by atoms with E-state index in [0.717, 1.165) is 38.4 Å². The number of halogens is 2. The molecule has 0 saturated carbocycles. The summed E-state index contributed by atoms with van der Waals surface area (Å²) in [6, 6.07) is 12.9. The fraction of sp³-hybridized carbons (Fsp3) is 0.300. The minimum atomic E-state index is -0.407. The predicted octanol–water partition coefficient (Wildman–Crippen LogP) is 4.26. The topological polar surface area (TPSA) is 47.6 Å². The maximum atomic E-state index is 12.3. The zero-order chi connectivity index (χ0) is 20.1. The molecule has 3 rings (SSSR count). The molecule has 1 saturated heterocycles. The molecule has 1 fully saturated rings. The number of hydrogen-bond acceptors (Lipinski definition) is 4. The number of nitrogens with one attached hydrogen (secondary N) is 2. The van der Waals surface area contributed by atoms with Crippen LogP contribution in [0.2, 0.25) is 10.0 Å². The van der Waals surface area contributed by atoms with Crippen molar-refractivity contribution in [2.24, 2.45) is 0 Å². The second kappa shape index (κ2) is 9.56. The Morgan fingerprint density at radius 3 is 2.39 bits per heavy atom. The van der Waals surface area contributed by atoms with Gasteiger partial charge in [-0.15, -0.1) is 0 Å². The molecule has 0 unspecified atom stereocenters. The van der Waals surface area contributed by atoms with Gasteiger partial charge in [-0.3, -0.25) is 10.1 Å². The molecule has 8 heteroatoms. The number of rotatable bonds is 4. The minimum absolute atomic E-state index is 0.199. The lowest BCUT2D eigenvalue weighted by Crippen LogP contribution is -2.46. The average Bonchev–Trinajstić information content (AvgIpc) is 2.70. The number of hydrogen-bond donors (Lipinski definition) is 2. The summed E-state index contributed by atoms with van der Waals surface area (Å²) in [6.07, 6.45) is 0. The maximum Gasteiger partial charge on any atom is 0.258 e. The first kappa shape index (κ1) is 20.9. The Labute approximate surface area is 180 Å². The van der Waals surface area contributed by atoms with E-state index in [0.29, 0.717) is 5.02 Å². The highest BCUT2D eigenvalue weighted by molar-refractivity contribution is 7.80. The summed E-state index contributed by atoms with van der Waals surface area (Å²) in [5, 5.41) is 6.37. The standard InChI is InChI=1S/C20H22Cl2N4OS/c1-2-25-10-12-26(13-11-25)15-8-6-14(7-9-15)23-20(28)24-19(27)16-4-3-5-17(21)18(16)22/h3-9H,2,10-13H2,1H3,(H2,23,24,27,28). The van der Waals surface area contributed by atoms with E-state index in [2.05, 4.69) is 39.5 Å². The van der Waals surface area contributed by atoms with Crippen LogP contribution in [0.3, 0.4) is 0 Å². The smallest absolute Gasteiger partial charge is 0.258 e. The predicted molar refractivity (Wildman–Crippen MR) is 121 cm³/mol. The van der Waals surface area contributed by atoms with Gasteiger partial charge >= 0.3 is 0 Å². The molecule has 1 aliphatic heterocycles. The lowest BCUT2D eigenvalue weighted by Gasteiger charge is -2.35. The Kier molecular flexibility index (Phi) is 7.13. The summed E-state index contributed by atoms with van der Waals surface area (Å²) in [5.74, 6) is -0.407. The Bertz CT molecular complexity index is 852. The third-order valence-corrected chi connectivity index (χ3v) is 5.76. The number of carbonyl (C=O) groups is 1. The van der Waals surface area contributed by atoms with Gasteiger partial charge in [0.2, 0.25) is 0 Å². The molecule has 1 heterocycles. The zero-order valence-electron chi connectivity index (χ0n) is 15.5. The van der Waals surface area contributed by atoms with Gasteiger partial charge in [0.15, 0.2) is 5.11 Å². The molecule has 28 heavy (non-hydrogen) atoms. The molecule has 5 nitrogen and oxygen atoms in total. The van der Waals surface area contributed by atoms with Crippen molar-refractivity contribution in [2.75, 3.05) is 42.9 Å². The summed E-state index contributed by atoms with van der Waals surface area (Å²) >= 11 is 17.3. The second-order valence-electron chi connectivity index (χ2n) is 6.48. The molecule has 0 atom stereocenters. The Balaban J connectivity index is 1.56. The third-order valence-electron chi connectivity index (χ3n) is 4.73. The van der Waals surface area contributed by atoms with Crippen LogP contribution in [0.25, 0.3) is 0 Å². The molecular formula is C20H22Cl2N4OS. The van der Waals surface area contributed by atoms with E-state index in [9.17, 15) is 4.79 Å². The van der Waals surface area contributed by atoms with Crippen LogP contribution >= 0.6 is 35.4 Å². The minimum Gasteiger partial charge on any atom is -0.369 e. The van der Waals surface area contributed by atoms with Crippen LogP contribution in [0.15, 0.2) is 42.5 Å². The number of nitrogens with zero attached hydrogens (tertiary/aromatic N) is 2. The third kappa shape index (κ3) is 5.14. The van der Waals surface area contributed by atoms with Crippen molar-refractivity contribution in [1.82, 2.24) is 10.2 Å². The normalized spacial score (nSPS) is 14.6. The van der Waals surface area contributed by atoms with Gasteiger partial charge in [-0.2, -0.15) is 0 Å². The van der Waals surface area contributed by atoms with Crippen molar-refractivity contribution in [3.8, 4) is 0 Å². The molecule has 2 N–H and O–H groups in total. The Morgan fingerprint density at radius 1 is 1.07 bits per heavy atom. The molecule has 0 aromatic heterocycles. The highest BCUT2D eigenvalue weighted by Crippen LogP contribution is 2.25. The van der Waals surface area contributed by atoms with Gasteiger partial charge in [0.25, 0.3) is 5.91 Å². The molecule has 0 spiro atoms. The molecule has 1 aliphatic rings. The molecule has 0 bridgehead atoms. The largest absolute Gasteiger partial charge is 0.369 e. The molecule has 148 valence electrons. The first-order valence-corrected chi connectivity index (χ1v) is 10.3. The number of carbonyl (C=O) groups excluding carboxylic acids is 1. The quantitative estimate of drug-likeness (QED) is 0.700. The number of amides is 1. The zero-order valence-corrected chi connectivity index (χ0v) is 17.9. The second-order valence-corrected chi connectivity index (χ2v) is 7.67. The first-order valence-electron chi connectivity index (χ1n) is 9.11.